The van der Waals surface area contributed by atoms with E-state index in [1.807, 2.05) is 72.8 Å². The summed E-state index contributed by atoms with van der Waals surface area (Å²) in [7, 11) is 0. The Bertz CT molecular complexity index is 2420. The SMILES string of the molecule is CCc1ccc(Cc2cc3c(c4ccccc24)CO[C@]32O[C@H](COCc3ccccc3)[C@@H](OCc3ccccc3)[C@H](OCc3ccccc3)[C@H]2OCc2ccccc2)cc1. The minimum atomic E-state index is -1.34. The number of rotatable bonds is 16. The van der Waals surface area contributed by atoms with Crippen molar-refractivity contribution < 1.29 is 28.4 Å². The molecule has 7 aromatic rings. The van der Waals surface area contributed by atoms with Crippen molar-refractivity contribution in [2.45, 2.75) is 83.0 Å². The third-order valence-corrected chi connectivity index (χ3v) is 11.8. The van der Waals surface area contributed by atoms with E-state index in [-0.39, 0.29) is 6.61 Å². The molecule has 2 aliphatic rings. The molecule has 2 heterocycles. The van der Waals surface area contributed by atoms with E-state index in [0.717, 1.165) is 51.6 Å². The fourth-order valence-corrected chi connectivity index (χ4v) is 8.66. The first-order valence-electron chi connectivity index (χ1n) is 21.2. The Morgan fingerprint density at radius 1 is 0.517 bits per heavy atom. The second kappa shape index (κ2) is 18.9. The standard InChI is InChI=1S/C54H52O6/c1-2-39-27-29-40(30-28-39)31-45-32-49-48(47-26-16-15-25-46(45)47)37-59-54(49)53(58-36-44-23-13-6-14-24-44)52(57-35-43-21-11-5-12-22-43)51(56-34-42-19-9-4-10-20-42)50(60-54)38-55-33-41-17-7-3-8-18-41/h3-30,32,50-53H,2,31,33-38H2,1H3/t50-,51-,52+,53-,54+/m1/s1. The summed E-state index contributed by atoms with van der Waals surface area (Å²) in [5.41, 5.74) is 10.0. The predicted molar refractivity (Wildman–Crippen MR) is 235 cm³/mol. The first-order chi connectivity index (χ1) is 29.7. The summed E-state index contributed by atoms with van der Waals surface area (Å²) in [4.78, 5) is 0. The largest absolute Gasteiger partial charge is 0.374 e. The molecule has 7 aromatic carbocycles. The minimum absolute atomic E-state index is 0.246. The van der Waals surface area contributed by atoms with Gasteiger partial charge < -0.3 is 28.4 Å². The Balaban J connectivity index is 1.17. The molecule has 304 valence electrons. The highest BCUT2D eigenvalue weighted by molar-refractivity contribution is 5.90. The molecule has 0 bridgehead atoms. The smallest absolute Gasteiger partial charge is 0.226 e. The molecule has 9 rings (SSSR count). The summed E-state index contributed by atoms with van der Waals surface area (Å²) in [6, 6.07) is 60.9. The van der Waals surface area contributed by atoms with Crippen LogP contribution in [0.25, 0.3) is 10.8 Å². The van der Waals surface area contributed by atoms with Gasteiger partial charge in [-0.05, 0) is 74.2 Å². The maximum atomic E-state index is 7.49. The van der Waals surface area contributed by atoms with Crippen LogP contribution in [0.4, 0.5) is 0 Å². The summed E-state index contributed by atoms with van der Waals surface area (Å²) in [5, 5.41) is 2.36. The van der Waals surface area contributed by atoms with E-state index in [9.17, 15) is 0 Å². The number of ether oxygens (including phenoxy) is 6. The zero-order valence-corrected chi connectivity index (χ0v) is 34.2. The summed E-state index contributed by atoms with van der Waals surface area (Å²) < 4.78 is 42.5. The van der Waals surface area contributed by atoms with Gasteiger partial charge >= 0.3 is 0 Å². The lowest BCUT2D eigenvalue weighted by Crippen LogP contribution is -2.65. The van der Waals surface area contributed by atoms with Gasteiger partial charge in [0.1, 0.15) is 24.4 Å². The highest BCUT2D eigenvalue weighted by atomic mass is 16.7. The van der Waals surface area contributed by atoms with Crippen LogP contribution in [0.15, 0.2) is 176 Å². The van der Waals surface area contributed by atoms with Gasteiger partial charge in [0.2, 0.25) is 5.79 Å². The molecular formula is C54H52O6. The monoisotopic (exact) mass is 796 g/mol. The van der Waals surface area contributed by atoms with Crippen molar-refractivity contribution in [1.29, 1.82) is 0 Å². The highest BCUT2D eigenvalue weighted by Gasteiger charge is 2.61. The van der Waals surface area contributed by atoms with Gasteiger partial charge in [-0.3, -0.25) is 0 Å². The molecule has 2 aliphatic heterocycles. The zero-order chi connectivity index (χ0) is 40.6. The van der Waals surface area contributed by atoms with Crippen molar-refractivity contribution >= 4 is 10.8 Å². The summed E-state index contributed by atoms with van der Waals surface area (Å²) in [5.74, 6) is -1.34. The van der Waals surface area contributed by atoms with Gasteiger partial charge in [0.25, 0.3) is 0 Å². The van der Waals surface area contributed by atoms with Crippen LogP contribution >= 0.6 is 0 Å². The van der Waals surface area contributed by atoms with Crippen molar-refractivity contribution in [2.75, 3.05) is 6.61 Å². The molecule has 5 atom stereocenters. The van der Waals surface area contributed by atoms with E-state index in [0.29, 0.717) is 33.0 Å². The summed E-state index contributed by atoms with van der Waals surface area (Å²) >= 11 is 0. The molecule has 0 radical (unpaired) electrons. The molecule has 6 nitrogen and oxygen atoms in total. The first-order valence-corrected chi connectivity index (χ1v) is 21.2. The molecule has 1 saturated heterocycles. The number of fused-ring (bicyclic) bond motifs is 4. The lowest BCUT2D eigenvalue weighted by molar-refractivity contribution is -0.387. The highest BCUT2D eigenvalue weighted by Crippen LogP contribution is 2.51. The fraction of sp³-hybridized carbons (Fsp3) is 0.259. The molecule has 60 heavy (non-hydrogen) atoms. The Hall–Kier alpha value is -5.44. The molecule has 1 fully saturated rings. The average molecular weight is 797 g/mol. The number of hydrogen-bond acceptors (Lipinski definition) is 6. The number of benzene rings is 7. The fourth-order valence-electron chi connectivity index (χ4n) is 8.66. The van der Waals surface area contributed by atoms with E-state index < -0.39 is 30.2 Å². The second-order valence-corrected chi connectivity index (χ2v) is 15.8. The molecule has 0 aromatic heterocycles. The number of aryl methyl sites for hydroxylation is 1. The van der Waals surface area contributed by atoms with Crippen LogP contribution < -0.4 is 0 Å². The minimum Gasteiger partial charge on any atom is -0.374 e. The first kappa shape index (κ1) is 40.0. The Morgan fingerprint density at radius 2 is 1.02 bits per heavy atom. The molecule has 1 spiro atoms. The quantitative estimate of drug-likeness (QED) is 0.0971. The topological polar surface area (TPSA) is 55.4 Å². The van der Waals surface area contributed by atoms with Gasteiger partial charge in [0, 0.05) is 5.56 Å². The van der Waals surface area contributed by atoms with E-state index in [1.165, 1.54) is 22.1 Å². The third kappa shape index (κ3) is 8.86. The van der Waals surface area contributed by atoms with Crippen molar-refractivity contribution in [3.8, 4) is 0 Å². The van der Waals surface area contributed by atoms with Crippen LogP contribution in [0.5, 0.6) is 0 Å². The van der Waals surface area contributed by atoms with Crippen molar-refractivity contribution in [3.63, 3.8) is 0 Å². The van der Waals surface area contributed by atoms with Gasteiger partial charge in [0.05, 0.1) is 39.6 Å². The van der Waals surface area contributed by atoms with Crippen LogP contribution in [-0.4, -0.2) is 31.0 Å². The van der Waals surface area contributed by atoms with Gasteiger partial charge in [-0.2, -0.15) is 0 Å². The average Bonchev–Trinajstić information content (AvgIpc) is 3.67. The van der Waals surface area contributed by atoms with Crippen LogP contribution in [0.2, 0.25) is 0 Å². The zero-order valence-electron chi connectivity index (χ0n) is 34.2. The van der Waals surface area contributed by atoms with Crippen molar-refractivity contribution in [2.24, 2.45) is 0 Å². The maximum Gasteiger partial charge on any atom is 0.226 e. The molecule has 0 aliphatic carbocycles. The van der Waals surface area contributed by atoms with Gasteiger partial charge in [-0.25, -0.2) is 0 Å². The van der Waals surface area contributed by atoms with Gasteiger partial charge in [-0.15, -0.1) is 0 Å². The van der Waals surface area contributed by atoms with E-state index in [2.05, 4.69) is 110 Å². The molecule has 0 saturated carbocycles. The van der Waals surface area contributed by atoms with E-state index in [1.54, 1.807) is 0 Å². The van der Waals surface area contributed by atoms with Crippen LogP contribution in [0, 0.1) is 0 Å². The summed E-state index contributed by atoms with van der Waals surface area (Å²) in [6.07, 6.45) is -0.767. The lowest BCUT2D eigenvalue weighted by atomic mass is 9.83. The maximum absolute atomic E-state index is 7.49. The van der Waals surface area contributed by atoms with Crippen LogP contribution in [-0.2, 0) is 80.1 Å². The van der Waals surface area contributed by atoms with Gasteiger partial charge in [-0.1, -0.05) is 177 Å². The van der Waals surface area contributed by atoms with Crippen molar-refractivity contribution in [1.82, 2.24) is 0 Å². The molecule has 6 heteroatoms. The summed E-state index contributed by atoms with van der Waals surface area (Å²) in [6.45, 7) is 4.24. The Labute approximate surface area is 353 Å². The Morgan fingerprint density at radius 3 is 1.60 bits per heavy atom. The molecule has 0 amide bonds. The molecule has 0 N–H and O–H groups in total. The van der Waals surface area contributed by atoms with Gasteiger partial charge in [0.15, 0.2) is 0 Å². The third-order valence-electron chi connectivity index (χ3n) is 11.8. The normalized spacial score (nSPS) is 21.0. The lowest BCUT2D eigenvalue weighted by Gasteiger charge is -2.51. The van der Waals surface area contributed by atoms with Crippen LogP contribution in [0.3, 0.4) is 0 Å². The predicted octanol–water partition coefficient (Wildman–Crippen LogP) is 11.0. The Kier molecular flexibility index (Phi) is 12.6. The van der Waals surface area contributed by atoms with Crippen LogP contribution in [0.1, 0.15) is 57.0 Å². The van der Waals surface area contributed by atoms with Crippen molar-refractivity contribution in [3.05, 3.63) is 226 Å². The second-order valence-electron chi connectivity index (χ2n) is 15.8. The van der Waals surface area contributed by atoms with E-state index >= 15 is 0 Å². The van der Waals surface area contributed by atoms with E-state index in [4.69, 9.17) is 28.4 Å². The number of hydrogen-bond donors (Lipinski definition) is 0. The molecule has 0 unspecified atom stereocenters. The molecular weight excluding hydrogens is 745 g/mol.